The standard InChI is InChI=1S/C15H14BrFO2/c1-18-9-11-3-2-4-13(7-11)19-10-12-5-6-15(17)14(16)8-12/h2-8H,9-10H2,1H3. The molecule has 19 heavy (non-hydrogen) atoms. The Morgan fingerprint density at radius 3 is 2.58 bits per heavy atom. The second-order valence-corrected chi connectivity index (χ2v) is 4.97. The van der Waals surface area contributed by atoms with E-state index in [1.54, 1.807) is 19.2 Å². The van der Waals surface area contributed by atoms with Gasteiger partial charge in [-0.3, -0.25) is 0 Å². The molecular formula is C15H14BrFO2. The summed E-state index contributed by atoms with van der Waals surface area (Å²) in [5.41, 5.74) is 1.96. The fourth-order valence-electron chi connectivity index (χ4n) is 1.69. The summed E-state index contributed by atoms with van der Waals surface area (Å²) >= 11 is 3.16. The summed E-state index contributed by atoms with van der Waals surface area (Å²) < 4.78 is 24.3. The van der Waals surface area contributed by atoms with E-state index >= 15 is 0 Å². The topological polar surface area (TPSA) is 18.5 Å². The second-order valence-electron chi connectivity index (χ2n) is 4.12. The van der Waals surface area contributed by atoms with Gasteiger partial charge in [-0.05, 0) is 51.3 Å². The van der Waals surface area contributed by atoms with E-state index in [1.165, 1.54) is 6.07 Å². The van der Waals surface area contributed by atoms with Crippen molar-refractivity contribution >= 4 is 15.9 Å². The van der Waals surface area contributed by atoms with Gasteiger partial charge in [0.25, 0.3) is 0 Å². The number of hydrogen-bond donors (Lipinski definition) is 0. The van der Waals surface area contributed by atoms with Crippen molar-refractivity contribution in [1.29, 1.82) is 0 Å². The van der Waals surface area contributed by atoms with Crippen molar-refractivity contribution in [3.8, 4) is 5.75 Å². The quantitative estimate of drug-likeness (QED) is 0.815. The lowest BCUT2D eigenvalue weighted by atomic mass is 10.2. The molecule has 0 radical (unpaired) electrons. The zero-order chi connectivity index (χ0) is 13.7. The minimum absolute atomic E-state index is 0.272. The first-order valence-corrected chi connectivity index (χ1v) is 6.63. The number of rotatable bonds is 5. The maximum atomic E-state index is 13.1. The van der Waals surface area contributed by atoms with Crippen LogP contribution in [0.15, 0.2) is 46.9 Å². The Morgan fingerprint density at radius 1 is 1.05 bits per heavy atom. The van der Waals surface area contributed by atoms with Crippen LogP contribution in [-0.2, 0) is 18.0 Å². The molecule has 0 aliphatic rings. The van der Waals surface area contributed by atoms with Gasteiger partial charge < -0.3 is 9.47 Å². The van der Waals surface area contributed by atoms with Crippen molar-refractivity contribution in [2.45, 2.75) is 13.2 Å². The maximum absolute atomic E-state index is 13.1. The Morgan fingerprint density at radius 2 is 1.84 bits per heavy atom. The molecule has 0 saturated heterocycles. The van der Waals surface area contributed by atoms with Crippen LogP contribution in [0.2, 0.25) is 0 Å². The summed E-state index contributed by atoms with van der Waals surface area (Å²) in [5, 5.41) is 0. The van der Waals surface area contributed by atoms with E-state index in [9.17, 15) is 4.39 Å². The Kier molecular flexibility index (Phi) is 4.93. The molecule has 0 atom stereocenters. The lowest BCUT2D eigenvalue weighted by Crippen LogP contribution is -1.97. The minimum atomic E-state index is -0.272. The third kappa shape index (κ3) is 4.04. The molecule has 0 N–H and O–H groups in total. The van der Waals surface area contributed by atoms with Gasteiger partial charge in [0.1, 0.15) is 18.2 Å². The van der Waals surface area contributed by atoms with Gasteiger partial charge in [-0.1, -0.05) is 18.2 Å². The first-order valence-electron chi connectivity index (χ1n) is 5.83. The van der Waals surface area contributed by atoms with Crippen molar-refractivity contribution < 1.29 is 13.9 Å². The third-order valence-corrected chi connectivity index (χ3v) is 3.21. The van der Waals surface area contributed by atoms with E-state index in [0.29, 0.717) is 17.7 Å². The Bertz CT molecular complexity index is 558. The SMILES string of the molecule is COCc1cccc(OCc2ccc(F)c(Br)c2)c1. The average molecular weight is 325 g/mol. The number of hydrogen-bond acceptors (Lipinski definition) is 2. The normalized spacial score (nSPS) is 10.5. The summed E-state index contributed by atoms with van der Waals surface area (Å²) in [5.74, 6) is 0.501. The van der Waals surface area contributed by atoms with E-state index in [2.05, 4.69) is 15.9 Å². The van der Waals surface area contributed by atoms with Crippen LogP contribution < -0.4 is 4.74 Å². The van der Waals surface area contributed by atoms with Gasteiger partial charge in [0, 0.05) is 7.11 Å². The molecule has 0 unspecified atom stereocenters. The van der Waals surface area contributed by atoms with E-state index in [4.69, 9.17) is 9.47 Å². The van der Waals surface area contributed by atoms with Crippen LogP contribution in [0.1, 0.15) is 11.1 Å². The summed E-state index contributed by atoms with van der Waals surface area (Å²) in [6, 6.07) is 12.6. The molecule has 0 heterocycles. The van der Waals surface area contributed by atoms with E-state index < -0.39 is 0 Å². The van der Waals surface area contributed by atoms with E-state index in [1.807, 2.05) is 24.3 Å². The second kappa shape index (κ2) is 6.68. The van der Waals surface area contributed by atoms with Crippen LogP contribution in [0.25, 0.3) is 0 Å². The average Bonchev–Trinajstić information content (AvgIpc) is 2.41. The van der Waals surface area contributed by atoms with Gasteiger partial charge in [-0.2, -0.15) is 0 Å². The van der Waals surface area contributed by atoms with Crippen LogP contribution in [0.3, 0.4) is 0 Å². The molecule has 2 aromatic rings. The molecule has 0 fully saturated rings. The molecule has 0 spiro atoms. The molecule has 2 rings (SSSR count). The van der Waals surface area contributed by atoms with Crippen molar-refractivity contribution in [2.75, 3.05) is 7.11 Å². The number of halogens is 2. The highest BCUT2D eigenvalue weighted by molar-refractivity contribution is 9.10. The molecule has 0 aromatic heterocycles. The van der Waals surface area contributed by atoms with Crippen molar-refractivity contribution in [3.63, 3.8) is 0 Å². The first kappa shape index (κ1) is 14.0. The monoisotopic (exact) mass is 324 g/mol. The highest BCUT2D eigenvalue weighted by Crippen LogP contribution is 2.19. The number of benzene rings is 2. The summed E-state index contributed by atoms with van der Waals surface area (Å²) in [7, 11) is 1.66. The van der Waals surface area contributed by atoms with Crippen LogP contribution in [0, 0.1) is 5.82 Å². The van der Waals surface area contributed by atoms with E-state index in [0.717, 1.165) is 16.9 Å². The van der Waals surface area contributed by atoms with E-state index in [-0.39, 0.29) is 5.82 Å². The fraction of sp³-hybridized carbons (Fsp3) is 0.200. The molecule has 0 aliphatic heterocycles. The highest BCUT2D eigenvalue weighted by Gasteiger charge is 2.02. The van der Waals surface area contributed by atoms with Crippen molar-refractivity contribution in [1.82, 2.24) is 0 Å². The van der Waals surface area contributed by atoms with Gasteiger partial charge in [0.05, 0.1) is 11.1 Å². The molecule has 2 nitrogen and oxygen atoms in total. The number of methoxy groups -OCH3 is 1. The molecule has 0 aliphatic carbocycles. The molecule has 0 saturated carbocycles. The van der Waals surface area contributed by atoms with Crippen LogP contribution >= 0.6 is 15.9 Å². The van der Waals surface area contributed by atoms with Crippen LogP contribution in [0.4, 0.5) is 4.39 Å². The molecule has 2 aromatic carbocycles. The van der Waals surface area contributed by atoms with Gasteiger partial charge in [0.15, 0.2) is 0 Å². The van der Waals surface area contributed by atoms with Gasteiger partial charge in [-0.15, -0.1) is 0 Å². The van der Waals surface area contributed by atoms with Crippen molar-refractivity contribution in [3.05, 3.63) is 63.9 Å². The maximum Gasteiger partial charge on any atom is 0.137 e. The molecule has 0 amide bonds. The molecule has 0 bridgehead atoms. The molecular weight excluding hydrogens is 311 g/mol. The lowest BCUT2D eigenvalue weighted by molar-refractivity contribution is 0.184. The predicted octanol–water partition coefficient (Wildman–Crippen LogP) is 4.31. The lowest BCUT2D eigenvalue weighted by Gasteiger charge is -2.08. The zero-order valence-electron chi connectivity index (χ0n) is 10.5. The van der Waals surface area contributed by atoms with Gasteiger partial charge >= 0.3 is 0 Å². The van der Waals surface area contributed by atoms with Crippen LogP contribution in [0.5, 0.6) is 5.75 Å². The summed E-state index contributed by atoms with van der Waals surface area (Å²) in [6.45, 7) is 0.953. The summed E-state index contributed by atoms with van der Waals surface area (Å²) in [4.78, 5) is 0. The minimum Gasteiger partial charge on any atom is -0.489 e. The molecule has 100 valence electrons. The zero-order valence-corrected chi connectivity index (χ0v) is 12.1. The predicted molar refractivity (Wildman–Crippen MR) is 75.6 cm³/mol. The first-order chi connectivity index (χ1) is 9.19. The highest BCUT2D eigenvalue weighted by atomic mass is 79.9. The van der Waals surface area contributed by atoms with Gasteiger partial charge in [0.2, 0.25) is 0 Å². The third-order valence-electron chi connectivity index (χ3n) is 2.60. The summed E-state index contributed by atoms with van der Waals surface area (Å²) in [6.07, 6.45) is 0. The number of ether oxygens (including phenoxy) is 2. The smallest absolute Gasteiger partial charge is 0.137 e. The largest absolute Gasteiger partial charge is 0.489 e. The van der Waals surface area contributed by atoms with Gasteiger partial charge in [-0.25, -0.2) is 4.39 Å². The van der Waals surface area contributed by atoms with Crippen LogP contribution in [-0.4, -0.2) is 7.11 Å². The fourth-order valence-corrected chi connectivity index (χ4v) is 2.11. The Hall–Kier alpha value is -1.39. The Balaban J connectivity index is 2.01. The molecule has 4 heteroatoms. The van der Waals surface area contributed by atoms with Crippen molar-refractivity contribution in [2.24, 2.45) is 0 Å². The Labute approximate surface area is 120 Å².